The normalized spacial score (nSPS) is 11.1. The molecule has 0 fully saturated rings. The zero-order valence-electron chi connectivity index (χ0n) is 13.3. The summed E-state index contributed by atoms with van der Waals surface area (Å²) in [5, 5.41) is 2.42. The summed E-state index contributed by atoms with van der Waals surface area (Å²) in [6.07, 6.45) is -0.00698. The molecule has 0 radical (unpaired) electrons. The largest absolute Gasteiger partial charge is 0.493 e. The summed E-state index contributed by atoms with van der Waals surface area (Å²) in [4.78, 5) is 17.9. The maximum atomic E-state index is 12.2. The third-order valence-electron chi connectivity index (χ3n) is 2.97. The Morgan fingerprint density at radius 1 is 1.25 bits per heavy atom. The molecule has 0 atom stereocenters. The molecule has 0 aliphatic carbocycles. The number of hydrogen-bond acceptors (Lipinski definition) is 7. The number of rotatable bonds is 7. The second-order valence-electron chi connectivity index (χ2n) is 4.73. The van der Waals surface area contributed by atoms with Gasteiger partial charge in [-0.15, -0.1) is 16.2 Å². The molecule has 0 bridgehead atoms. The number of nitrogens with one attached hydrogen (secondary N) is 2. The SMILES string of the molecule is COc1ccc(S(=O)(=O)NNC(=O)Cc2nc(C)cs2)cc1OC. The minimum atomic E-state index is -3.93. The number of ether oxygens (including phenoxy) is 2. The van der Waals surface area contributed by atoms with Gasteiger partial charge in [0, 0.05) is 17.1 Å². The fourth-order valence-electron chi connectivity index (χ4n) is 1.83. The van der Waals surface area contributed by atoms with E-state index in [2.05, 4.69) is 10.4 Å². The first kappa shape index (κ1) is 18.2. The summed E-state index contributed by atoms with van der Waals surface area (Å²) in [7, 11) is -1.08. The Kier molecular flexibility index (Phi) is 5.75. The van der Waals surface area contributed by atoms with Gasteiger partial charge in [0.25, 0.3) is 10.0 Å². The summed E-state index contributed by atoms with van der Waals surface area (Å²) < 4.78 is 34.6. The molecule has 130 valence electrons. The molecule has 1 aromatic carbocycles. The topological polar surface area (TPSA) is 107 Å². The average molecular weight is 371 g/mol. The van der Waals surface area contributed by atoms with Crippen LogP contribution in [0.3, 0.4) is 0 Å². The van der Waals surface area contributed by atoms with Crippen molar-refractivity contribution in [2.24, 2.45) is 0 Å². The first-order valence-corrected chi connectivity index (χ1v) is 9.15. The van der Waals surface area contributed by atoms with Crippen LogP contribution in [0.2, 0.25) is 0 Å². The van der Waals surface area contributed by atoms with Crippen molar-refractivity contribution in [3.05, 3.63) is 34.3 Å². The summed E-state index contributed by atoms with van der Waals surface area (Å²) in [6.45, 7) is 1.82. The van der Waals surface area contributed by atoms with E-state index in [0.717, 1.165) is 5.69 Å². The van der Waals surface area contributed by atoms with Crippen LogP contribution in [0.4, 0.5) is 0 Å². The molecule has 1 amide bonds. The number of nitrogens with zero attached hydrogens (tertiary/aromatic N) is 1. The number of aromatic nitrogens is 1. The van der Waals surface area contributed by atoms with Crippen LogP contribution in [-0.4, -0.2) is 33.5 Å². The lowest BCUT2D eigenvalue weighted by Gasteiger charge is -2.11. The molecule has 2 N–H and O–H groups in total. The molecular weight excluding hydrogens is 354 g/mol. The zero-order valence-corrected chi connectivity index (χ0v) is 15.0. The molecule has 0 aliphatic heterocycles. The Labute approximate surface area is 143 Å². The van der Waals surface area contributed by atoms with Gasteiger partial charge in [0.15, 0.2) is 11.5 Å². The molecule has 1 heterocycles. The summed E-state index contributed by atoms with van der Waals surface area (Å²) in [5.74, 6) is 0.165. The van der Waals surface area contributed by atoms with Gasteiger partial charge in [-0.2, -0.15) is 0 Å². The van der Waals surface area contributed by atoms with Gasteiger partial charge in [0.05, 0.1) is 25.5 Å². The van der Waals surface area contributed by atoms with Crippen LogP contribution in [-0.2, 0) is 21.2 Å². The molecule has 10 heteroatoms. The molecule has 2 aromatic rings. The molecule has 0 saturated heterocycles. The minimum absolute atomic E-state index is 0.00698. The molecule has 0 aliphatic rings. The zero-order chi connectivity index (χ0) is 17.7. The van der Waals surface area contributed by atoms with Gasteiger partial charge in [-0.3, -0.25) is 10.2 Å². The predicted molar refractivity (Wildman–Crippen MR) is 88.6 cm³/mol. The van der Waals surface area contributed by atoms with Crippen molar-refractivity contribution in [1.82, 2.24) is 15.2 Å². The number of amides is 1. The van der Waals surface area contributed by atoms with Crippen molar-refractivity contribution >= 4 is 27.3 Å². The monoisotopic (exact) mass is 371 g/mol. The summed E-state index contributed by atoms with van der Waals surface area (Å²) in [5.41, 5.74) is 2.98. The van der Waals surface area contributed by atoms with E-state index in [1.54, 1.807) is 0 Å². The number of aryl methyl sites for hydroxylation is 1. The van der Waals surface area contributed by atoms with Crippen molar-refractivity contribution in [2.45, 2.75) is 18.2 Å². The van der Waals surface area contributed by atoms with Crippen LogP contribution >= 0.6 is 11.3 Å². The van der Waals surface area contributed by atoms with Gasteiger partial charge in [-0.05, 0) is 19.1 Å². The molecular formula is C14H17N3O5S2. The van der Waals surface area contributed by atoms with E-state index in [-0.39, 0.29) is 17.1 Å². The molecule has 8 nitrogen and oxygen atoms in total. The van der Waals surface area contributed by atoms with E-state index < -0.39 is 15.9 Å². The highest BCUT2D eigenvalue weighted by molar-refractivity contribution is 7.89. The van der Waals surface area contributed by atoms with E-state index in [4.69, 9.17) is 9.47 Å². The third kappa shape index (κ3) is 4.43. The standard InChI is InChI=1S/C14H17N3O5S2/c1-9-8-23-14(15-9)7-13(18)16-17-24(19,20)10-4-5-11(21-2)12(6-10)22-3/h4-6,8,17H,7H2,1-3H3,(H,16,18). The van der Waals surface area contributed by atoms with E-state index >= 15 is 0 Å². The highest BCUT2D eigenvalue weighted by Crippen LogP contribution is 2.29. The average Bonchev–Trinajstić information content (AvgIpc) is 2.97. The van der Waals surface area contributed by atoms with Crippen molar-refractivity contribution < 1.29 is 22.7 Å². The predicted octanol–water partition coefficient (Wildman–Crippen LogP) is 1.02. The molecule has 24 heavy (non-hydrogen) atoms. The lowest BCUT2D eigenvalue weighted by molar-refractivity contribution is -0.120. The van der Waals surface area contributed by atoms with Crippen molar-refractivity contribution in [1.29, 1.82) is 0 Å². The van der Waals surface area contributed by atoms with Gasteiger partial charge >= 0.3 is 0 Å². The third-order valence-corrected chi connectivity index (χ3v) is 5.18. The van der Waals surface area contributed by atoms with E-state index in [0.29, 0.717) is 10.8 Å². The minimum Gasteiger partial charge on any atom is -0.493 e. The van der Waals surface area contributed by atoms with Crippen LogP contribution in [0.1, 0.15) is 10.7 Å². The molecule has 2 rings (SSSR count). The van der Waals surface area contributed by atoms with Gasteiger partial charge in [0.1, 0.15) is 5.01 Å². The Morgan fingerprint density at radius 2 is 1.96 bits per heavy atom. The Morgan fingerprint density at radius 3 is 2.54 bits per heavy atom. The number of carbonyl (C=O) groups is 1. The lowest BCUT2D eigenvalue weighted by atomic mass is 10.3. The van der Waals surface area contributed by atoms with Crippen LogP contribution in [0.15, 0.2) is 28.5 Å². The van der Waals surface area contributed by atoms with Crippen LogP contribution in [0.25, 0.3) is 0 Å². The fourth-order valence-corrected chi connectivity index (χ4v) is 3.48. The number of hydrazine groups is 1. The highest BCUT2D eigenvalue weighted by Gasteiger charge is 2.18. The summed E-state index contributed by atoms with van der Waals surface area (Å²) >= 11 is 1.34. The smallest absolute Gasteiger partial charge is 0.257 e. The van der Waals surface area contributed by atoms with Crippen LogP contribution in [0, 0.1) is 6.92 Å². The number of thiazole rings is 1. The Bertz CT molecular complexity index is 833. The maximum Gasteiger partial charge on any atom is 0.257 e. The Hall–Kier alpha value is -2.17. The first-order valence-electron chi connectivity index (χ1n) is 6.79. The van der Waals surface area contributed by atoms with Crippen molar-refractivity contribution in [2.75, 3.05) is 14.2 Å². The lowest BCUT2D eigenvalue weighted by Crippen LogP contribution is -2.42. The van der Waals surface area contributed by atoms with E-state index in [1.165, 1.54) is 43.8 Å². The quantitative estimate of drug-likeness (QED) is 0.704. The van der Waals surface area contributed by atoms with E-state index in [1.807, 2.05) is 17.1 Å². The fraction of sp³-hybridized carbons (Fsp3) is 0.286. The molecule has 1 aromatic heterocycles. The van der Waals surface area contributed by atoms with Crippen LogP contribution < -0.4 is 19.7 Å². The second kappa shape index (κ2) is 7.60. The maximum absolute atomic E-state index is 12.2. The van der Waals surface area contributed by atoms with Gasteiger partial charge in [-0.1, -0.05) is 0 Å². The van der Waals surface area contributed by atoms with Gasteiger partial charge < -0.3 is 9.47 Å². The van der Waals surface area contributed by atoms with Gasteiger partial charge in [0.2, 0.25) is 5.91 Å². The summed E-state index contributed by atoms with van der Waals surface area (Å²) in [6, 6.07) is 4.12. The molecule has 0 saturated carbocycles. The number of methoxy groups -OCH3 is 2. The first-order chi connectivity index (χ1) is 11.4. The van der Waals surface area contributed by atoms with Gasteiger partial charge in [-0.25, -0.2) is 13.4 Å². The number of hydrogen-bond donors (Lipinski definition) is 2. The van der Waals surface area contributed by atoms with Crippen molar-refractivity contribution in [3.8, 4) is 11.5 Å². The van der Waals surface area contributed by atoms with Crippen LogP contribution in [0.5, 0.6) is 11.5 Å². The number of sulfonamides is 1. The van der Waals surface area contributed by atoms with E-state index in [9.17, 15) is 13.2 Å². The number of carbonyl (C=O) groups excluding carboxylic acids is 1. The molecule has 0 spiro atoms. The second-order valence-corrected chi connectivity index (χ2v) is 7.35. The van der Waals surface area contributed by atoms with Crippen molar-refractivity contribution in [3.63, 3.8) is 0 Å². The number of benzene rings is 1. The molecule has 0 unspecified atom stereocenters. The highest BCUT2D eigenvalue weighted by atomic mass is 32.2. The Balaban J connectivity index is 2.04.